The summed E-state index contributed by atoms with van der Waals surface area (Å²) in [6.07, 6.45) is 0. The molecule has 0 aliphatic heterocycles. The minimum Gasteiger partial charge on any atom is -0.199 e. The second-order valence-corrected chi connectivity index (χ2v) is 2.76. The van der Waals surface area contributed by atoms with Gasteiger partial charge in [-0.2, -0.15) is 28.3 Å². The Kier molecular flexibility index (Phi) is 3.48. The molecule has 10 heavy (non-hydrogen) atoms. The molecule has 0 saturated heterocycles. The standard InChI is InChI=1S/C9H13.Ti/c1-6-5-7(2)9(4)8(6)3;/h5H,1-4H3;/q-1;. The molecular weight excluding hydrogens is 156 g/mol. The van der Waals surface area contributed by atoms with Gasteiger partial charge >= 0.3 is 0 Å². The van der Waals surface area contributed by atoms with Crippen molar-refractivity contribution in [3.05, 3.63) is 28.3 Å². The zero-order chi connectivity index (χ0) is 7.02. The van der Waals surface area contributed by atoms with Crippen molar-refractivity contribution in [2.45, 2.75) is 27.7 Å². The maximum absolute atomic E-state index is 2.24. The van der Waals surface area contributed by atoms with Crippen LogP contribution in [0.5, 0.6) is 0 Å². The summed E-state index contributed by atoms with van der Waals surface area (Å²) in [5.74, 6) is 0. The fraction of sp³-hybridized carbons (Fsp3) is 0.444. The molecule has 0 nitrogen and oxygen atoms in total. The van der Waals surface area contributed by atoms with Crippen LogP contribution >= 0.6 is 0 Å². The van der Waals surface area contributed by atoms with E-state index in [0.717, 1.165) is 0 Å². The van der Waals surface area contributed by atoms with Gasteiger partial charge < -0.3 is 0 Å². The predicted octanol–water partition coefficient (Wildman–Crippen LogP) is 2.64. The largest absolute Gasteiger partial charge is 0.199 e. The summed E-state index contributed by atoms with van der Waals surface area (Å²) in [5, 5.41) is 0. The molecule has 0 bridgehead atoms. The predicted molar refractivity (Wildman–Crippen MR) is 41.0 cm³/mol. The molecule has 0 aliphatic carbocycles. The maximum atomic E-state index is 2.24. The molecule has 54 valence electrons. The quantitative estimate of drug-likeness (QED) is 0.413. The van der Waals surface area contributed by atoms with Crippen molar-refractivity contribution in [2.75, 3.05) is 0 Å². The third kappa shape index (κ3) is 1.56. The van der Waals surface area contributed by atoms with E-state index >= 15 is 0 Å². The average molecular weight is 169 g/mol. The van der Waals surface area contributed by atoms with E-state index < -0.39 is 0 Å². The van der Waals surface area contributed by atoms with Crippen molar-refractivity contribution in [1.82, 2.24) is 0 Å². The Morgan fingerprint density at radius 2 is 1.70 bits per heavy atom. The summed E-state index contributed by atoms with van der Waals surface area (Å²) in [7, 11) is 0. The Balaban J connectivity index is 0.000000810. The van der Waals surface area contributed by atoms with E-state index in [2.05, 4.69) is 33.8 Å². The summed E-state index contributed by atoms with van der Waals surface area (Å²) < 4.78 is 0. The molecule has 0 aromatic heterocycles. The van der Waals surface area contributed by atoms with Gasteiger partial charge in [0.25, 0.3) is 0 Å². The van der Waals surface area contributed by atoms with Gasteiger partial charge in [0.05, 0.1) is 0 Å². The summed E-state index contributed by atoms with van der Waals surface area (Å²) in [5.41, 5.74) is 5.75. The van der Waals surface area contributed by atoms with Gasteiger partial charge in [-0.1, -0.05) is 27.7 Å². The minimum absolute atomic E-state index is 0. The molecule has 0 aliphatic rings. The van der Waals surface area contributed by atoms with Crippen LogP contribution in [0.3, 0.4) is 0 Å². The maximum Gasteiger partial charge on any atom is 0 e. The van der Waals surface area contributed by atoms with Crippen LogP contribution in [-0.2, 0) is 21.7 Å². The fourth-order valence-electron chi connectivity index (χ4n) is 1.13. The van der Waals surface area contributed by atoms with Gasteiger partial charge in [-0.15, -0.1) is 0 Å². The molecule has 0 fully saturated rings. The van der Waals surface area contributed by atoms with E-state index in [9.17, 15) is 0 Å². The Morgan fingerprint density at radius 3 is 1.80 bits per heavy atom. The second kappa shape index (κ2) is 3.45. The van der Waals surface area contributed by atoms with Crippen LogP contribution in [0.4, 0.5) is 0 Å². The fourth-order valence-corrected chi connectivity index (χ4v) is 1.13. The van der Waals surface area contributed by atoms with E-state index in [4.69, 9.17) is 0 Å². The molecule has 0 N–H and O–H groups in total. The van der Waals surface area contributed by atoms with Crippen molar-refractivity contribution in [3.63, 3.8) is 0 Å². The Hall–Kier alpha value is 0.0643. The monoisotopic (exact) mass is 169 g/mol. The van der Waals surface area contributed by atoms with Crippen molar-refractivity contribution in [2.24, 2.45) is 0 Å². The molecule has 0 heterocycles. The van der Waals surface area contributed by atoms with Crippen LogP contribution in [0.2, 0.25) is 0 Å². The molecule has 1 rings (SSSR count). The van der Waals surface area contributed by atoms with E-state index in [-0.39, 0.29) is 21.7 Å². The molecule has 1 aromatic rings. The van der Waals surface area contributed by atoms with Crippen molar-refractivity contribution in [1.29, 1.82) is 0 Å². The van der Waals surface area contributed by atoms with Crippen LogP contribution in [0, 0.1) is 27.7 Å². The number of hydrogen-bond donors (Lipinski definition) is 0. The van der Waals surface area contributed by atoms with E-state index in [1.807, 2.05) is 0 Å². The zero-order valence-electron chi connectivity index (χ0n) is 7.08. The molecule has 1 aromatic carbocycles. The number of rotatable bonds is 0. The van der Waals surface area contributed by atoms with Crippen molar-refractivity contribution >= 4 is 0 Å². The summed E-state index contributed by atoms with van der Waals surface area (Å²) in [6, 6.07) is 2.24. The van der Waals surface area contributed by atoms with Crippen molar-refractivity contribution in [3.8, 4) is 0 Å². The molecular formula is C9H13Ti-. The summed E-state index contributed by atoms with van der Waals surface area (Å²) in [4.78, 5) is 0. The van der Waals surface area contributed by atoms with Gasteiger partial charge in [-0.25, -0.2) is 0 Å². The first-order chi connectivity index (χ1) is 4.13. The van der Waals surface area contributed by atoms with E-state index in [0.29, 0.717) is 0 Å². The minimum atomic E-state index is 0. The third-order valence-electron chi connectivity index (χ3n) is 2.18. The average Bonchev–Trinajstić information content (AvgIpc) is 1.98. The first-order valence-electron chi connectivity index (χ1n) is 3.33. The number of hydrogen-bond acceptors (Lipinski definition) is 0. The van der Waals surface area contributed by atoms with Crippen LogP contribution in [0.15, 0.2) is 6.07 Å². The van der Waals surface area contributed by atoms with Gasteiger partial charge in [0, 0.05) is 21.7 Å². The molecule has 0 spiro atoms. The molecule has 1 heteroatoms. The van der Waals surface area contributed by atoms with Crippen LogP contribution in [0.1, 0.15) is 22.3 Å². The van der Waals surface area contributed by atoms with E-state index in [1.165, 1.54) is 22.3 Å². The Morgan fingerprint density at radius 1 is 1.20 bits per heavy atom. The van der Waals surface area contributed by atoms with Gasteiger partial charge in [-0.05, 0) is 0 Å². The summed E-state index contributed by atoms with van der Waals surface area (Å²) >= 11 is 0. The molecule has 0 unspecified atom stereocenters. The van der Waals surface area contributed by atoms with Gasteiger partial charge in [0.2, 0.25) is 0 Å². The van der Waals surface area contributed by atoms with Gasteiger partial charge in [0.1, 0.15) is 0 Å². The van der Waals surface area contributed by atoms with Crippen LogP contribution < -0.4 is 0 Å². The Labute approximate surface area is 77.9 Å². The van der Waals surface area contributed by atoms with Crippen molar-refractivity contribution < 1.29 is 21.7 Å². The molecule has 0 radical (unpaired) electrons. The Bertz CT molecular complexity index is 198. The van der Waals surface area contributed by atoms with Crippen LogP contribution in [0.25, 0.3) is 0 Å². The second-order valence-electron chi connectivity index (χ2n) is 2.76. The zero-order valence-corrected chi connectivity index (χ0v) is 8.64. The van der Waals surface area contributed by atoms with Gasteiger partial charge in [-0.3, -0.25) is 0 Å². The SMILES string of the molecule is Cc1c[c-](C)c(C)c1C.[Ti]. The molecule has 0 atom stereocenters. The van der Waals surface area contributed by atoms with Crippen LogP contribution in [-0.4, -0.2) is 0 Å². The molecule has 0 amide bonds. The smallest absolute Gasteiger partial charge is 0 e. The first-order valence-corrected chi connectivity index (χ1v) is 3.33. The topological polar surface area (TPSA) is 0 Å². The first kappa shape index (κ1) is 10.1. The third-order valence-corrected chi connectivity index (χ3v) is 2.18. The van der Waals surface area contributed by atoms with Gasteiger partial charge in [0.15, 0.2) is 0 Å². The summed E-state index contributed by atoms with van der Waals surface area (Å²) in [6.45, 7) is 8.68. The van der Waals surface area contributed by atoms with E-state index in [1.54, 1.807) is 0 Å². The normalized spacial score (nSPS) is 9.20. The molecule has 0 saturated carbocycles. The number of aryl methyl sites for hydroxylation is 2.